The third-order valence-corrected chi connectivity index (χ3v) is 6.00. The average Bonchev–Trinajstić information content (AvgIpc) is 2.77. The first kappa shape index (κ1) is 27.5. The lowest BCUT2D eigenvalue weighted by atomic mass is 9.88. The molecule has 180 valence electrons. The van der Waals surface area contributed by atoms with Crippen LogP contribution in [0.2, 0.25) is 0 Å². The fourth-order valence-electron chi connectivity index (χ4n) is 3.96. The van der Waals surface area contributed by atoms with Crippen molar-refractivity contribution in [2.45, 2.75) is 85.0 Å². The van der Waals surface area contributed by atoms with Gasteiger partial charge in [-0.2, -0.15) is 0 Å². The van der Waals surface area contributed by atoms with Crippen LogP contribution >= 0.6 is 0 Å². The van der Waals surface area contributed by atoms with E-state index in [9.17, 15) is 19.8 Å². The highest BCUT2D eigenvalue weighted by Crippen LogP contribution is 2.25. The summed E-state index contributed by atoms with van der Waals surface area (Å²) in [6.07, 6.45) is 20.8. The maximum atomic E-state index is 11.7. The molecule has 3 N–H and O–H groups in total. The fourth-order valence-corrected chi connectivity index (χ4v) is 3.96. The van der Waals surface area contributed by atoms with Crippen LogP contribution < -0.4 is 5.32 Å². The number of hydrogen-bond donors (Lipinski definition) is 3. The van der Waals surface area contributed by atoms with Crippen molar-refractivity contribution in [3.8, 4) is 0 Å². The largest absolute Gasteiger partial charge is 0.481 e. The Bertz CT molecular complexity index is 656. The average molecular weight is 447 g/mol. The first-order chi connectivity index (χ1) is 15.4. The van der Waals surface area contributed by atoms with Gasteiger partial charge in [-0.25, -0.2) is 0 Å². The molecular formula is C26H42N2O4. The maximum absolute atomic E-state index is 11.7. The Morgan fingerprint density at radius 1 is 0.906 bits per heavy atom. The zero-order valence-corrected chi connectivity index (χ0v) is 20.1. The summed E-state index contributed by atoms with van der Waals surface area (Å²) in [7, 11) is 0. The Morgan fingerprint density at radius 2 is 1.47 bits per heavy atom. The van der Waals surface area contributed by atoms with Gasteiger partial charge in [0, 0.05) is 17.9 Å². The molecule has 2 atom stereocenters. The molecule has 0 aromatic rings. The molecule has 6 nitrogen and oxygen atoms in total. The first-order valence-electron chi connectivity index (χ1n) is 12.0. The van der Waals surface area contributed by atoms with Gasteiger partial charge in [-0.1, -0.05) is 63.3 Å². The molecule has 32 heavy (non-hydrogen) atoms. The van der Waals surface area contributed by atoms with E-state index in [0.29, 0.717) is 19.4 Å². The first-order valence-corrected chi connectivity index (χ1v) is 12.0. The minimum Gasteiger partial charge on any atom is -0.481 e. The molecule has 0 aromatic carbocycles. The Morgan fingerprint density at radius 3 is 1.94 bits per heavy atom. The van der Waals surface area contributed by atoms with E-state index < -0.39 is 23.8 Å². The van der Waals surface area contributed by atoms with Gasteiger partial charge < -0.3 is 20.4 Å². The molecule has 0 bridgehead atoms. The van der Waals surface area contributed by atoms with Crippen molar-refractivity contribution in [3.63, 3.8) is 0 Å². The molecule has 0 amide bonds. The van der Waals surface area contributed by atoms with Crippen LogP contribution in [0.3, 0.4) is 0 Å². The summed E-state index contributed by atoms with van der Waals surface area (Å²) in [5.41, 5.74) is 2.28. The van der Waals surface area contributed by atoms with Crippen LogP contribution in [0.25, 0.3) is 0 Å². The quantitative estimate of drug-likeness (QED) is 0.298. The number of carboxylic acid groups (broad SMARTS) is 2. The zero-order chi connectivity index (χ0) is 23.8. The molecular weight excluding hydrogens is 404 g/mol. The zero-order valence-electron chi connectivity index (χ0n) is 20.1. The van der Waals surface area contributed by atoms with E-state index in [1.807, 2.05) is 26.2 Å². The molecule has 0 saturated heterocycles. The highest BCUT2D eigenvalue weighted by Gasteiger charge is 2.27. The van der Waals surface area contributed by atoms with Crippen molar-refractivity contribution in [3.05, 3.63) is 48.1 Å². The lowest BCUT2D eigenvalue weighted by Crippen LogP contribution is -2.29. The van der Waals surface area contributed by atoms with E-state index in [1.165, 1.54) is 6.42 Å². The van der Waals surface area contributed by atoms with Crippen LogP contribution in [0.4, 0.5) is 0 Å². The Kier molecular flexibility index (Phi) is 13.9. The maximum Gasteiger partial charge on any atom is 0.306 e. The van der Waals surface area contributed by atoms with Gasteiger partial charge in [0.15, 0.2) is 0 Å². The topological polar surface area (TPSA) is 89.9 Å². The van der Waals surface area contributed by atoms with E-state index in [4.69, 9.17) is 0 Å². The van der Waals surface area contributed by atoms with E-state index in [2.05, 4.69) is 41.4 Å². The lowest BCUT2D eigenvalue weighted by molar-refractivity contribution is -0.146. The van der Waals surface area contributed by atoms with Crippen LogP contribution in [0, 0.1) is 11.8 Å². The number of nitrogens with one attached hydrogen (secondary N) is 1. The van der Waals surface area contributed by atoms with Gasteiger partial charge in [-0.05, 0) is 58.4 Å². The van der Waals surface area contributed by atoms with Crippen molar-refractivity contribution >= 4 is 11.9 Å². The number of dihydropyridines is 1. The third-order valence-electron chi connectivity index (χ3n) is 6.00. The van der Waals surface area contributed by atoms with Gasteiger partial charge >= 0.3 is 11.9 Å². The van der Waals surface area contributed by atoms with Gasteiger partial charge in [0.2, 0.25) is 0 Å². The van der Waals surface area contributed by atoms with Crippen molar-refractivity contribution in [1.29, 1.82) is 0 Å². The lowest BCUT2D eigenvalue weighted by Gasteiger charge is -2.30. The number of carbonyl (C=O) groups is 2. The minimum absolute atomic E-state index is 0.220. The summed E-state index contributed by atoms with van der Waals surface area (Å²) >= 11 is 0. The summed E-state index contributed by atoms with van der Waals surface area (Å²) in [6, 6.07) is 0. The molecule has 0 spiro atoms. The van der Waals surface area contributed by atoms with Crippen LogP contribution in [0.5, 0.6) is 0 Å². The summed E-state index contributed by atoms with van der Waals surface area (Å²) in [5.74, 6) is -2.93. The van der Waals surface area contributed by atoms with Crippen molar-refractivity contribution in [1.82, 2.24) is 10.2 Å². The van der Waals surface area contributed by atoms with Crippen LogP contribution in [-0.4, -0.2) is 33.6 Å². The molecule has 6 heteroatoms. The van der Waals surface area contributed by atoms with Crippen molar-refractivity contribution in [2.24, 2.45) is 11.8 Å². The monoisotopic (exact) mass is 446 g/mol. The van der Waals surface area contributed by atoms with E-state index >= 15 is 0 Å². The molecule has 2 unspecified atom stereocenters. The molecule has 0 fully saturated rings. The highest BCUT2D eigenvalue weighted by atomic mass is 16.4. The van der Waals surface area contributed by atoms with Gasteiger partial charge in [-0.3, -0.25) is 9.59 Å². The van der Waals surface area contributed by atoms with E-state index in [-0.39, 0.29) is 6.42 Å². The number of nitrogens with zero attached hydrogens (tertiary/aromatic N) is 1. The minimum atomic E-state index is -0.887. The smallest absolute Gasteiger partial charge is 0.306 e. The van der Waals surface area contributed by atoms with E-state index in [0.717, 1.165) is 49.9 Å². The van der Waals surface area contributed by atoms with Crippen LogP contribution in [0.1, 0.15) is 85.0 Å². The SMILES string of the molecule is C1=CNC=CC1.CCCCCCCC(CC(CCN1C(C)=CCC=C1C)C(=O)O)C(=O)O. The van der Waals surface area contributed by atoms with Crippen LogP contribution in [0.15, 0.2) is 48.1 Å². The summed E-state index contributed by atoms with van der Waals surface area (Å²) in [5, 5.41) is 22.0. The summed E-state index contributed by atoms with van der Waals surface area (Å²) in [6.45, 7) is 6.82. The number of carboxylic acids is 2. The Labute approximate surface area is 193 Å². The standard InChI is InChI=1S/C21H35NO4.C5H7N/c1-4-5-6-7-8-12-18(20(23)24)15-19(21(25)26)13-14-22-16(2)10-9-11-17(22)3;1-2-4-6-5-3-1/h10-11,18-19H,4-9,12-15H2,1-3H3,(H,23,24)(H,25,26);2-6H,1H2. The number of rotatable bonds is 13. The van der Waals surface area contributed by atoms with Gasteiger partial charge in [-0.15, -0.1) is 0 Å². The molecule has 2 rings (SSSR count). The predicted octanol–water partition coefficient (Wildman–Crippen LogP) is 6.05. The Hall–Kier alpha value is -2.50. The number of hydrogen-bond acceptors (Lipinski definition) is 4. The fraction of sp³-hybridized carbons (Fsp3) is 0.615. The summed E-state index contributed by atoms with van der Waals surface area (Å²) < 4.78 is 0. The van der Waals surface area contributed by atoms with E-state index in [1.54, 1.807) is 0 Å². The second kappa shape index (κ2) is 16.2. The molecule has 2 aliphatic rings. The normalized spacial score (nSPS) is 16.8. The van der Waals surface area contributed by atoms with Gasteiger partial charge in [0.1, 0.15) is 0 Å². The predicted molar refractivity (Wildman–Crippen MR) is 130 cm³/mol. The number of unbranched alkanes of at least 4 members (excludes halogenated alkanes) is 4. The number of aliphatic carboxylic acids is 2. The molecule has 0 aromatic heterocycles. The van der Waals surface area contributed by atoms with Crippen LogP contribution in [-0.2, 0) is 9.59 Å². The Balaban J connectivity index is 0.000000730. The van der Waals surface area contributed by atoms with Crippen molar-refractivity contribution in [2.75, 3.05) is 6.54 Å². The van der Waals surface area contributed by atoms with Gasteiger partial charge in [0.05, 0.1) is 11.8 Å². The second-order valence-corrected chi connectivity index (χ2v) is 8.58. The number of allylic oxidation sites excluding steroid dienone is 6. The van der Waals surface area contributed by atoms with Gasteiger partial charge in [0.25, 0.3) is 0 Å². The molecule has 2 heterocycles. The molecule has 0 radical (unpaired) electrons. The summed E-state index contributed by atoms with van der Waals surface area (Å²) in [4.78, 5) is 25.4. The highest BCUT2D eigenvalue weighted by molar-refractivity contribution is 5.73. The molecule has 0 aliphatic carbocycles. The van der Waals surface area contributed by atoms with Crippen molar-refractivity contribution < 1.29 is 19.8 Å². The second-order valence-electron chi connectivity index (χ2n) is 8.58. The molecule has 2 aliphatic heterocycles. The third kappa shape index (κ3) is 11.2. The molecule has 0 saturated carbocycles.